The average Bonchev–Trinajstić information content (AvgIpc) is 2.59. The van der Waals surface area contributed by atoms with E-state index in [-0.39, 0.29) is 16.7 Å². The van der Waals surface area contributed by atoms with Crippen molar-refractivity contribution in [3.05, 3.63) is 14.9 Å². The molecule has 2 N–H and O–H groups in total. The van der Waals surface area contributed by atoms with Gasteiger partial charge in [0, 0.05) is 19.5 Å². The van der Waals surface area contributed by atoms with Gasteiger partial charge in [0.05, 0.1) is 13.8 Å². The van der Waals surface area contributed by atoms with Crippen LogP contribution in [0.2, 0.25) is 5.02 Å². The van der Waals surface area contributed by atoms with E-state index in [1.807, 2.05) is 0 Å². The van der Waals surface area contributed by atoms with Crippen LogP contribution >= 0.6 is 51.1 Å². The first kappa shape index (κ1) is 16.3. The van der Waals surface area contributed by atoms with Crippen LogP contribution in [0.1, 0.15) is 6.92 Å². The molecule has 0 spiro atoms. The van der Waals surface area contributed by atoms with Crippen molar-refractivity contribution in [3.8, 4) is 0 Å². The zero-order chi connectivity index (χ0) is 14.1. The number of hydrogen-bond donors (Lipinski definition) is 1. The van der Waals surface area contributed by atoms with E-state index in [4.69, 9.17) is 29.6 Å². The molecule has 0 bridgehead atoms. The lowest BCUT2D eigenvalue weighted by molar-refractivity contribution is 0.446. The van der Waals surface area contributed by atoms with E-state index >= 15 is 0 Å². The summed E-state index contributed by atoms with van der Waals surface area (Å²) in [5, 5.41) is 0.384. The molecular formula is C9H12BrClN2O2S3. The summed E-state index contributed by atoms with van der Waals surface area (Å²) < 4.78 is 26.5. The van der Waals surface area contributed by atoms with Gasteiger partial charge in [0.15, 0.2) is 0 Å². The lowest BCUT2D eigenvalue weighted by atomic mass is 10.2. The monoisotopic (exact) mass is 390 g/mol. The Labute approximate surface area is 129 Å². The predicted molar refractivity (Wildman–Crippen MR) is 82.8 cm³/mol. The fourth-order valence-corrected chi connectivity index (χ4v) is 5.13. The highest BCUT2D eigenvalue weighted by atomic mass is 79.9. The second kappa shape index (κ2) is 6.15. The molecule has 0 saturated heterocycles. The largest absolute Gasteiger partial charge is 0.393 e. The lowest BCUT2D eigenvalue weighted by Gasteiger charge is -2.19. The van der Waals surface area contributed by atoms with Crippen LogP contribution in [-0.4, -0.2) is 31.3 Å². The molecule has 0 fully saturated rings. The number of rotatable bonds is 5. The number of thiocarbonyl (C=S) groups is 1. The second-order valence-electron chi connectivity index (χ2n) is 3.78. The number of sulfonamides is 1. The van der Waals surface area contributed by atoms with Crippen LogP contribution in [0.15, 0.2) is 14.1 Å². The van der Waals surface area contributed by atoms with Gasteiger partial charge in [-0.25, -0.2) is 8.42 Å². The summed E-state index contributed by atoms with van der Waals surface area (Å²) in [4.78, 5) is 0.294. The van der Waals surface area contributed by atoms with Gasteiger partial charge >= 0.3 is 0 Å². The predicted octanol–water partition coefficient (Wildman–Crippen LogP) is 2.71. The molecule has 1 aromatic rings. The molecule has 102 valence electrons. The summed E-state index contributed by atoms with van der Waals surface area (Å²) in [6, 6.07) is 1.42. The van der Waals surface area contributed by atoms with Gasteiger partial charge in [-0.2, -0.15) is 4.31 Å². The van der Waals surface area contributed by atoms with Gasteiger partial charge in [-0.3, -0.25) is 0 Å². The average molecular weight is 392 g/mol. The van der Waals surface area contributed by atoms with Crippen molar-refractivity contribution in [2.75, 3.05) is 13.6 Å². The third-order valence-corrected chi connectivity index (χ3v) is 7.45. The SMILES string of the molecule is CC(CN(C)S(=O)(=O)c1cc(Cl)c(Br)s1)C(N)=S. The van der Waals surface area contributed by atoms with Crippen LogP contribution < -0.4 is 5.73 Å². The minimum atomic E-state index is -3.55. The van der Waals surface area contributed by atoms with Crippen LogP contribution in [0.25, 0.3) is 0 Å². The van der Waals surface area contributed by atoms with Gasteiger partial charge in [0.2, 0.25) is 0 Å². The Morgan fingerprint density at radius 3 is 2.67 bits per heavy atom. The number of thiophene rings is 1. The first-order valence-electron chi connectivity index (χ1n) is 4.86. The molecule has 0 aliphatic rings. The Morgan fingerprint density at radius 2 is 2.28 bits per heavy atom. The quantitative estimate of drug-likeness (QED) is 0.784. The first-order chi connectivity index (χ1) is 8.16. The molecule has 4 nitrogen and oxygen atoms in total. The van der Waals surface area contributed by atoms with Crippen LogP contribution in [-0.2, 0) is 10.0 Å². The highest BCUT2D eigenvalue weighted by Gasteiger charge is 2.25. The Morgan fingerprint density at radius 1 is 1.72 bits per heavy atom. The Bertz CT molecular complexity index is 539. The number of halogens is 2. The van der Waals surface area contributed by atoms with Gasteiger partial charge < -0.3 is 5.73 Å². The van der Waals surface area contributed by atoms with Gasteiger partial charge in [0.25, 0.3) is 10.0 Å². The van der Waals surface area contributed by atoms with Gasteiger partial charge in [-0.1, -0.05) is 30.7 Å². The fourth-order valence-electron chi connectivity index (χ4n) is 1.18. The number of hydrogen-bond acceptors (Lipinski definition) is 4. The van der Waals surface area contributed by atoms with Crippen molar-refractivity contribution in [2.45, 2.75) is 11.1 Å². The third-order valence-electron chi connectivity index (χ3n) is 2.30. The van der Waals surface area contributed by atoms with Crippen molar-refractivity contribution in [3.63, 3.8) is 0 Å². The van der Waals surface area contributed by atoms with Gasteiger partial charge in [-0.15, -0.1) is 11.3 Å². The molecule has 0 amide bonds. The van der Waals surface area contributed by atoms with E-state index in [1.54, 1.807) is 6.92 Å². The second-order valence-corrected chi connectivity index (χ2v) is 9.30. The van der Waals surface area contributed by atoms with Crippen molar-refractivity contribution in [1.82, 2.24) is 4.31 Å². The fraction of sp³-hybridized carbons (Fsp3) is 0.444. The van der Waals surface area contributed by atoms with E-state index in [9.17, 15) is 8.42 Å². The maximum Gasteiger partial charge on any atom is 0.252 e. The lowest BCUT2D eigenvalue weighted by Crippen LogP contribution is -2.35. The smallest absolute Gasteiger partial charge is 0.252 e. The third kappa shape index (κ3) is 3.64. The van der Waals surface area contributed by atoms with Gasteiger partial charge in [0.1, 0.15) is 4.21 Å². The van der Waals surface area contributed by atoms with Crippen LogP contribution in [0.4, 0.5) is 0 Å². The summed E-state index contributed by atoms with van der Waals surface area (Å²) in [5.74, 6) is -0.182. The first-order valence-corrected chi connectivity index (χ1v) is 8.70. The molecule has 1 unspecified atom stereocenters. The summed E-state index contributed by atoms with van der Waals surface area (Å²) in [7, 11) is -2.06. The van der Waals surface area contributed by atoms with E-state index in [1.165, 1.54) is 17.4 Å². The Hall–Kier alpha value is 0.270. The Balaban J connectivity index is 2.96. The molecule has 1 aromatic heterocycles. The molecule has 0 aliphatic heterocycles. The molecule has 1 rings (SSSR count). The molecule has 0 radical (unpaired) electrons. The number of nitrogens with zero attached hydrogens (tertiary/aromatic N) is 1. The summed E-state index contributed by atoms with van der Waals surface area (Å²) in [6.07, 6.45) is 0. The standard InChI is InChI=1S/C9H12BrClN2O2S3/c1-5(9(12)16)4-13(2)18(14,15)7-3-6(11)8(10)17-7/h3,5H,4H2,1-2H3,(H2,12,16). The Kier molecular flexibility index (Phi) is 5.58. The van der Waals surface area contributed by atoms with E-state index in [2.05, 4.69) is 15.9 Å². The summed E-state index contributed by atoms with van der Waals surface area (Å²) >= 11 is 14.9. The molecule has 0 saturated carbocycles. The molecular weight excluding hydrogens is 380 g/mol. The maximum absolute atomic E-state index is 12.2. The zero-order valence-corrected chi connectivity index (χ0v) is 14.5. The number of nitrogens with two attached hydrogens (primary N) is 1. The van der Waals surface area contributed by atoms with Gasteiger partial charge in [-0.05, 0) is 22.0 Å². The summed E-state index contributed by atoms with van der Waals surface area (Å²) in [6.45, 7) is 2.02. The normalized spacial score (nSPS) is 13.8. The topological polar surface area (TPSA) is 63.4 Å². The van der Waals surface area contributed by atoms with Crippen LogP contribution in [0.5, 0.6) is 0 Å². The van der Waals surface area contributed by atoms with Crippen molar-refractivity contribution in [1.29, 1.82) is 0 Å². The maximum atomic E-state index is 12.2. The zero-order valence-electron chi connectivity index (χ0n) is 9.68. The van der Waals surface area contributed by atoms with Crippen molar-refractivity contribution in [2.24, 2.45) is 11.7 Å². The minimum Gasteiger partial charge on any atom is -0.393 e. The molecule has 9 heteroatoms. The molecule has 1 atom stereocenters. The summed E-state index contributed by atoms with van der Waals surface area (Å²) in [5.41, 5.74) is 5.48. The van der Waals surface area contributed by atoms with Crippen LogP contribution in [0, 0.1) is 5.92 Å². The highest BCUT2D eigenvalue weighted by Crippen LogP contribution is 2.35. The molecule has 0 aliphatic carbocycles. The van der Waals surface area contributed by atoms with Crippen molar-refractivity contribution < 1.29 is 8.42 Å². The molecule has 1 heterocycles. The highest BCUT2D eigenvalue weighted by molar-refractivity contribution is 9.11. The van der Waals surface area contributed by atoms with Crippen molar-refractivity contribution >= 4 is 66.1 Å². The van der Waals surface area contributed by atoms with E-state index in [0.717, 1.165) is 11.3 Å². The van der Waals surface area contributed by atoms with Crippen LogP contribution in [0.3, 0.4) is 0 Å². The molecule has 18 heavy (non-hydrogen) atoms. The van der Waals surface area contributed by atoms with E-state index in [0.29, 0.717) is 13.8 Å². The molecule has 0 aromatic carbocycles. The minimum absolute atomic E-state index is 0.182. The van der Waals surface area contributed by atoms with E-state index < -0.39 is 10.0 Å².